The van der Waals surface area contributed by atoms with Crippen molar-refractivity contribution in [1.29, 1.82) is 0 Å². The van der Waals surface area contributed by atoms with Crippen LogP contribution in [0.25, 0.3) is 0 Å². The standard InChI is InChI=1S/C13H26N2/c1-2-3-9-15(13-4-5-13)10-7-12-6-8-14-11-12/h12-14H,2-11H2,1H3. The Hall–Kier alpha value is -0.0800. The van der Waals surface area contributed by atoms with Crippen molar-refractivity contribution < 1.29 is 0 Å². The van der Waals surface area contributed by atoms with Crippen LogP contribution in [0.15, 0.2) is 0 Å². The first kappa shape index (κ1) is 11.4. The molecule has 0 amide bonds. The molecule has 1 saturated carbocycles. The highest BCUT2D eigenvalue weighted by atomic mass is 15.2. The monoisotopic (exact) mass is 210 g/mol. The molecule has 1 aliphatic carbocycles. The van der Waals surface area contributed by atoms with Gasteiger partial charge in [-0.05, 0) is 64.2 Å². The van der Waals surface area contributed by atoms with Gasteiger partial charge in [-0.2, -0.15) is 0 Å². The van der Waals surface area contributed by atoms with Crippen molar-refractivity contribution in [2.75, 3.05) is 26.2 Å². The van der Waals surface area contributed by atoms with Crippen LogP contribution in [-0.4, -0.2) is 37.1 Å². The third-order valence-electron chi connectivity index (χ3n) is 3.85. The van der Waals surface area contributed by atoms with Gasteiger partial charge < -0.3 is 10.2 Å². The molecule has 1 unspecified atom stereocenters. The van der Waals surface area contributed by atoms with Crippen LogP contribution in [-0.2, 0) is 0 Å². The van der Waals surface area contributed by atoms with Crippen LogP contribution in [0.1, 0.15) is 45.4 Å². The highest BCUT2D eigenvalue weighted by Gasteiger charge is 2.28. The maximum Gasteiger partial charge on any atom is 0.00964 e. The molecule has 1 aliphatic heterocycles. The number of nitrogens with zero attached hydrogens (tertiary/aromatic N) is 1. The van der Waals surface area contributed by atoms with Crippen LogP contribution in [0.3, 0.4) is 0 Å². The summed E-state index contributed by atoms with van der Waals surface area (Å²) in [6.07, 6.45) is 8.49. The molecule has 0 aromatic carbocycles. The van der Waals surface area contributed by atoms with E-state index in [0.29, 0.717) is 0 Å². The minimum absolute atomic E-state index is 0.964. The van der Waals surface area contributed by atoms with E-state index < -0.39 is 0 Å². The van der Waals surface area contributed by atoms with Gasteiger partial charge in [-0.25, -0.2) is 0 Å². The minimum Gasteiger partial charge on any atom is -0.316 e. The maximum atomic E-state index is 3.47. The minimum atomic E-state index is 0.964. The summed E-state index contributed by atoms with van der Waals surface area (Å²) in [4.78, 5) is 2.75. The van der Waals surface area contributed by atoms with Crippen molar-refractivity contribution in [3.8, 4) is 0 Å². The zero-order valence-electron chi connectivity index (χ0n) is 10.2. The van der Waals surface area contributed by atoms with E-state index in [9.17, 15) is 0 Å². The Bertz CT molecular complexity index is 171. The van der Waals surface area contributed by atoms with E-state index in [4.69, 9.17) is 0 Å². The lowest BCUT2D eigenvalue weighted by molar-refractivity contribution is 0.241. The first-order valence-electron chi connectivity index (χ1n) is 6.85. The Morgan fingerprint density at radius 3 is 2.67 bits per heavy atom. The fourth-order valence-electron chi connectivity index (χ4n) is 2.59. The number of unbranched alkanes of at least 4 members (excludes halogenated alkanes) is 1. The summed E-state index contributed by atoms with van der Waals surface area (Å²) in [7, 11) is 0. The summed E-state index contributed by atoms with van der Waals surface area (Å²) in [5.41, 5.74) is 0. The second-order valence-electron chi connectivity index (χ2n) is 5.27. The molecular formula is C13H26N2. The van der Waals surface area contributed by atoms with Crippen LogP contribution in [0, 0.1) is 5.92 Å². The molecule has 0 aromatic heterocycles. The van der Waals surface area contributed by atoms with Gasteiger partial charge in [-0.3, -0.25) is 0 Å². The zero-order chi connectivity index (χ0) is 10.5. The third-order valence-corrected chi connectivity index (χ3v) is 3.85. The molecule has 2 rings (SSSR count). The van der Waals surface area contributed by atoms with E-state index in [1.54, 1.807) is 0 Å². The quantitative estimate of drug-likeness (QED) is 0.693. The van der Waals surface area contributed by atoms with Gasteiger partial charge in [0.05, 0.1) is 0 Å². The molecule has 1 saturated heterocycles. The first-order valence-corrected chi connectivity index (χ1v) is 6.85. The van der Waals surface area contributed by atoms with Crippen molar-refractivity contribution in [1.82, 2.24) is 10.2 Å². The Kier molecular flexibility index (Phi) is 4.45. The van der Waals surface area contributed by atoms with Crippen LogP contribution in [0.2, 0.25) is 0 Å². The molecule has 0 spiro atoms. The molecule has 88 valence electrons. The smallest absolute Gasteiger partial charge is 0.00964 e. The molecule has 2 nitrogen and oxygen atoms in total. The fourth-order valence-corrected chi connectivity index (χ4v) is 2.59. The van der Waals surface area contributed by atoms with Gasteiger partial charge in [0, 0.05) is 6.04 Å². The molecular weight excluding hydrogens is 184 g/mol. The van der Waals surface area contributed by atoms with Gasteiger partial charge in [0.2, 0.25) is 0 Å². The van der Waals surface area contributed by atoms with Gasteiger partial charge >= 0.3 is 0 Å². The summed E-state index contributed by atoms with van der Waals surface area (Å²) in [6.45, 7) is 7.53. The molecule has 2 heteroatoms. The maximum absolute atomic E-state index is 3.47. The molecule has 0 aromatic rings. The molecule has 15 heavy (non-hydrogen) atoms. The van der Waals surface area contributed by atoms with Gasteiger partial charge in [-0.15, -0.1) is 0 Å². The molecule has 1 heterocycles. The zero-order valence-corrected chi connectivity index (χ0v) is 10.2. The second kappa shape index (κ2) is 5.86. The normalized spacial score (nSPS) is 26.4. The van der Waals surface area contributed by atoms with Crippen molar-refractivity contribution in [3.63, 3.8) is 0 Å². The molecule has 2 aliphatic rings. The van der Waals surface area contributed by atoms with Crippen molar-refractivity contribution >= 4 is 0 Å². The lowest BCUT2D eigenvalue weighted by atomic mass is 10.0. The summed E-state index contributed by atoms with van der Waals surface area (Å²) in [5, 5.41) is 3.47. The van der Waals surface area contributed by atoms with E-state index in [-0.39, 0.29) is 0 Å². The highest BCUT2D eigenvalue weighted by molar-refractivity contribution is 4.85. The van der Waals surface area contributed by atoms with Gasteiger partial charge in [0.25, 0.3) is 0 Å². The molecule has 0 radical (unpaired) electrons. The van der Waals surface area contributed by atoms with E-state index in [2.05, 4.69) is 17.1 Å². The largest absolute Gasteiger partial charge is 0.316 e. The molecule has 1 N–H and O–H groups in total. The van der Waals surface area contributed by atoms with Crippen molar-refractivity contribution in [3.05, 3.63) is 0 Å². The van der Waals surface area contributed by atoms with E-state index >= 15 is 0 Å². The van der Waals surface area contributed by atoms with Gasteiger partial charge in [0.1, 0.15) is 0 Å². The van der Waals surface area contributed by atoms with Crippen LogP contribution < -0.4 is 5.32 Å². The van der Waals surface area contributed by atoms with Crippen LogP contribution in [0.5, 0.6) is 0 Å². The molecule has 2 fully saturated rings. The summed E-state index contributed by atoms with van der Waals surface area (Å²) >= 11 is 0. The van der Waals surface area contributed by atoms with E-state index in [0.717, 1.165) is 12.0 Å². The fraction of sp³-hybridized carbons (Fsp3) is 1.00. The lowest BCUT2D eigenvalue weighted by Crippen LogP contribution is -2.29. The summed E-state index contributed by atoms with van der Waals surface area (Å²) < 4.78 is 0. The third kappa shape index (κ3) is 3.76. The Morgan fingerprint density at radius 2 is 2.07 bits per heavy atom. The average Bonchev–Trinajstić information content (AvgIpc) is 2.95. The van der Waals surface area contributed by atoms with Crippen molar-refractivity contribution in [2.24, 2.45) is 5.92 Å². The summed E-state index contributed by atoms with van der Waals surface area (Å²) in [6, 6.07) is 0.964. The van der Waals surface area contributed by atoms with Crippen LogP contribution >= 0.6 is 0 Å². The average molecular weight is 210 g/mol. The Morgan fingerprint density at radius 1 is 1.20 bits per heavy atom. The Balaban J connectivity index is 1.64. The predicted molar refractivity (Wildman–Crippen MR) is 65.1 cm³/mol. The lowest BCUT2D eigenvalue weighted by Gasteiger charge is -2.23. The molecule has 1 atom stereocenters. The number of hydrogen-bond acceptors (Lipinski definition) is 2. The number of nitrogens with one attached hydrogen (secondary N) is 1. The topological polar surface area (TPSA) is 15.3 Å². The van der Waals surface area contributed by atoms with Crippen molar-refractivity contribution in [2.45, 2.75) is 51.5 Å². The SMILES string of the molecule is CCCCN(CCC1CCNC1)C1CC1. The van der Waals surface area contributed by atoms with E-state index in [1.165, 1.54) is 64.7 Å². The van der Waals surface area contributed by atoms with E-state index in [1.807, 2.05) is 0 Å². The first-order chi connectivity index (χ1) is 7.40. The second-order valence-corrected chi connectivity index (χ2v) is 5.27. The summed E-state index contributed by atoms with van der Waals surface area (Å²) in [5.74, 6) is 0.966. The molecule has 0 bridgehead atoms. The van der Waals surface area contributed by atoms with Gasteiger partial charge in [0.15, 0.2) is 0 Å². The predicted octanol–water partition coefficient (Wildman–Crippen LogP) is 2.25. The highest BCUT2D eigenvalue weighted by Crippen LogP contribution is 2.28. The van der Waals surface area contributed by atoms with Crippen LogP contribution in [0.4, 0.5) is 0 Å². The van der Waals surface area contributed by atoms with Gasteiger partial charge in [-0.1, -0.05) is 13.3 Å². The number of rotatable bonds is 7. The Labute approximate surface area is 94.4 Å². The number of hydrogen-bond donors (Lipinski definition) is 1.